The minimum atomic E-state index is -0.404. The van der Waals surface area contributed by atoms with Crippen LogP contribution < -0.4 is 10.1 Å². The molecule has 2 aromatic heterocycles. The van der Waals surface area contributed by atoms with E-state index in [1.807, 2.05) is 42.5 Å². The van der Waals surface area contributed by atoms with Gasteiger partial charge in [0, 0.05) is 64.1 Å². The maximum absolute atomic E-state index is 12.6. The van der Waals surface area contributed by atoms with E-state index in [2.05, 4.69) is 25.1 Å². The summed E-state index contributed by atoms with van der Waals surface area (Å²) < 4.78 is 10.9. The van der Waals surface area contributed by atoms with E-state index in [1.165, 1.54) is 6.20 Å². The third-order valence-electron chi connectivity index (χ3n) is 6.65. The molecular formula is C28H32N6O4. The summed E-state index contributed by atoms with van der Waals surface area (Å²) in [7, 11) is 0. The summed E-state index contributed by atoms with van der Waals surface area (Å²) in [5.74, 6) is 0.468. The van der Waals surface area contributed by atoms with Crippen molar-refractivity contribution in [2.75, 3.05) is 57.8 Å². The Kier molecular flexibility index (Phi) is 8.54. The van der Waals surface area contributed by atoms with Crippen LogP contribution in [0.3, 0.4) is 0 Å². The molecule has 0 bridgehead atoms. The SMILES string of the molecule is O=C(Nc1ccc(OC(=O)N2CCN(Cc3ccccn3)CC2)cn1)c1ccc(CN2CCOCC2)cc1. The number of benzene rings is 1. The highest BCUT2D eigenvalue weighted by Gasteiger charge is 2.23. The molecule has 0 atom stereocenters. The Balaban J connectivity index is 1.06. The molecule has 1 N–H and O–H groups in total. The first kappa shape index (κ1) is 25.8. The van der Waals surface area contributed by atoms with Gasteiger partial charge in [0.2, 0.25) is 0 Å². The predicted octanol–water partition coefficient (Wildman–Crippen LogP) is 2.88. The zero-order chi connectivity index (χ0) is 26.2. The van der Waals surface area contributed by atoms with E-state index in [-0.39, 0.29) is 5.91 Å². The quantitative estimate of drug-likeness (QED) is 0.512. The van der Waals surface area contributed by atoms with Gasteiger partial charge in [0.1, 0.15) is 5.82 Å². The molecule has 0 radical (unpaired) electrons. The number of piperazine rings is 1. The van der Waals surface area contributed by atoms with Crippen molar-refractivity contribution in [1.29, 1.82) is 0 Å². The third kappa shape index (κ3) is 7.12. The number of pyridine rings is 2. The molecule has 5 rings (SSSR count). The molecule has 1 aromatic carbocycles. The summed E-state index contributed by atoms with van der Waals surface area (Å²) in [6.45, 7) is 7.63. The van der Waals surface area contributed by atoms with Gasteiger partial charge >= 0.3 is 6.09 Å². The number of nitrogens with zero attached hydrogens (tertiary/aromatic N) is 5. The van der Waals surface area contributed by atoms with Crippen LogP contribution in [0.25, 0.3) is 0 Å². The van der Waals surface area contributed by atoms with E-state index in [4.69, 9.17) is 9.47 Å². The maximum atomic E-state index is 12.6. The Labute approximate surface area is 222 Å². The smallest absolute Gasteiger partial charge is 0.409 e. The van der Waals surface area contributed by atoms with Crippen molar-refractivity contribution in [2.45, 2.75) is 13.1 Å². The van der Waals surface area contributed by atoms with Crippen LogP contribution in [0.15, 0.2) is 67.0 Å². The number of hydrogen-bond donors (Lipinski definition) is 1. The lowest BCUT2D eigenvalue weighted by Crippen LogP contribution is -2.49. The first-order valence-corrected chi connectivity index (χ1v) is 12.9. The number of carbonyl (C=O) groups excluding carboxylic acids is 2. The van der Waals surface area contributed by atoms with E-state index in [9.17, 15) is 9.59 Å². The minimum Gasteiger partial charge on any atom is -0.409 e. The van der Waals surface area contributed by atoms with Crippen molar-refractivity contribution in [3.63, 3.8) is 0 Å². The first-order valence-electron chi connectivity index (χ1n) is 12.9. The van der Waals surface area contributed by atoms with Crippen molar-refractivity contribution in [3.8, 4) is 5.75 Å². The van der Waals surface area contributed by atoms with E-state index in [1.54, 1.807) is 23.2 Å². The van der Waals surface area contributed by atoms with Crippen molar-refractivity contribution in [2.24, 2.45) is 0 Å². The molecular weight excluding hydrogens is 484 g/mol. The lowest BCUT2D eigenvalue weighted by atomic mass is 10.1. The molecule has 10 heteroatoms. The summed E-state index contributed by atoms with van der Waals surface area (Å²) >= 11 is 0. The van der Waals surface area contributed by atoms with E-state index < -0.39 is 6.09 Å². The van der Waals surface area contributed by atoms with Gasteiger partial charge in [0.25, 0.3) is 5.91 Å². The lowest BCUT2D eigenvalue weighted by Gasteiger charge is -2.33. The highest BCUT2D eigenvalue weighted by Crippen LogP contribution is 2.16. The molecule has 2 aliphatic rings. The fraction of sp³-hybridized carbons (Fsp3) is 0.357. The van der Waals surface area contributed by atoms with Gasteiger partial charge in [-0.05, 0) is 42.0 Å². The molecule has 2 fully saturated rings. The molecule has 2 aliphatic heterocycles. The second kappa shape index (κ2) is 12.6. The second-order valence-electron chi connectivity index (χ2n) is 9.37. The van der Waals surface area contributed by atoms with Crippen LogP contribution in [0.2, 0.25) is 0 Å². The zero-order valence-corrected chi connectivity index (χ0v) is 21.3. The van der Waals surface area contributed by atoms with Crippen LogP contribution >= 0.6 is 0 Å². The average Bonchev–Trinajstić information content (AvgIpc) is 2.96. The Morgan fingerprint density at radius 1 is 0.842 bits per heavy atom. The normalized spacial score (nSPS) is 16.7. The number of hydrogen-bond acceptors (Lipinski definition) is 8. The van der Waals surface area contributed by atoms with Gasteiger partial charge < -0.3 is 19.7 Å². The Morgan fingerprint density at radius 2 is 1.61 bits per heavy atom. The predicted molar refractivity (Wildman–Crippen MR) is 142 cm³/mol. The van der Waals surface area contributed by atoms with Crippen LogP contribution in [0.4, 0.5) is 10.6 Å². The van der Waals surface area contributed by atoms with Gasteiger partial charge in [-0.25, -0.2) is 9.78 Å². The van der Waals surface area contributed by atoms with Crippen LogP contribution in [-0.4, -0.2) is 89.2 Å². The first-order chi connectivity index (χ1) is 18.6. The number of carbonyl (C=O) groups is 2. The minimum absolute atomic E-state index is 0.247. The molecule has 0 aliphatic carbocycles. The molecule has 0 spiro atoms. The number of anilines is 1. The van der Waals surface area contributed by atoms with Crippen LogP contribution in [-0.2, 0) is 17.8 Å². The summed E-state index contributed by atoms with van der Waals surface area (Å²) in [6.07, 6.45) is 2.83. The molecule has 0 saturated carbocycles. The Bertz CT molecular complexity index is 1190. The van der Waals surface area contributed by atoms with Gasteiger partial charge in [0.05, 0.1) is 25.1 Å². The van der Waals surface area contributed by atoms with Gasteiger partial charge in [-0.1, -0.05) is 18.2 Å². The molecule has 4 heterocycles. The number of amides is 2. The maximum Gasteiger partial charge on any atom is 0.415 e. The highest BCUT2D eigenvalue weighted by molar-refractivity contribution is 6.03. The fourth-order valence-electron chi connectivity index (χ4n) is 4.46. The van der Waals surface area contributed by atoms with Crippen molar-refractivity contribution in [3.05, 3.63) is 83.8 Å². The zero-order valence-electron chi connectivity index (χ0n) is 21.3. The second-order valence-corrected chi connectivity index (χ2v) is 9.37. The number of nitrogens with one attached hydrogen (secondary N) is 1. The molecule has 198 valence electrons. The van der Waals surface area contributed by atoms with Gasteiger partial charge in [-0.3, -0.25) is 19.6 Å². The van der Waals surface area contributed by atoms with Gasteiger partial charge in [0.15, 0.2) is 5.75 Å². The highest BCUT2D eigenvalue weighted by atomic mass is 16.6. The standard InChI is InChI=1S/C28H32N6O4/c35-27(23-6-4-22(5-7-23)20-33-15-17-37-18-16-33)31-26-9-8-25(19-30-26)38-28(36)34-13-11-32(12-14-34)21-24-3-1-2-10-29-24/h1-10,19H,11-18,20-21H2,(H,30,31,35). The topological polar surface area (TPSA) is 100 Å². The van der Waals surface area contributed by atoms with E-state index in [0.717, 1.165) is 63.7 Å². The van der Waals surface area contributed by atoms with Crippen LogP contribution in [0.1, 0.15) is 21.6 Å². The molecule has 3 aromatic rings. The molecule has 2 amide bonds. The van der Waals surface area contributed by atoms with Crippen molar-refractivity contribution < 1.29 is 19.1 Å². The number of aromatic nitrogens is 2. The summed E-state index contributed by atoms with van der Waals surface area (Å²) in [4.78, 5) is 40.1. The van der Waals surface area contributed by atoms with Crippen molar-refractivity contribution >= 4 is 17.8 Å². The fourth-order valence-corrected chi connectivity index (χ4v) is 4.46. The lowest BCUT2D eigenvalue weighted by molar-refractivity contribution is 0.0342. The van der Waals surface area contributed by atoms with Gasteiger partial charge in [-0.15, -0.1) is 0 Å². The van der Waals surface area contributed by atoms with Crippen LogP contribution in [0, 0.1) is 0 Å². The Hall–Kier alpha value is -3.86. The number of morpholine rings is 1. The average molecular weight is 517 g/mol. The molecule has 0 unspecified atom stereocenters. The summed E-state index contributed by atoms with van der Waals surface area (Å²) in [6, 6.07) is 16.7. The Morgan fingerprint density at radius 3 is 2.29 bits per heavy atom. The van der Waals surface area contributed by atoms with E-state index >= 15 is 0 Å². The summed E-state index contributed by atoms with van der Waals surface area (Å²) in [5, 5.41) is 2.79. The molecule has 2 saturated heterocycles. The van der Waals surface area contributed by atoms with Gasteiger partial charge in [-0.2, -0.15) is 0 Å². The molecule has 10 nitrogen and oxygen atoms in total. The van der Waals surface area contributed by atoms with Crippen LogP contribution in [0.5, 0.6) is 5.75 Å². The van der Waals surface area contributed by atoms with Crippen molar-refractivity contribution in [1.82, 2.24) is 24.7 Å². The third-order valence-corrected chi connectivity index (χ3v) is 6.65. The number of rotatable bonds is 7. The number of ether oxygens (including phenoxy) is 2. The largest absolute Gasteiger partial charge is 0.415 e. The summed E-state index contributed by atoms with van der Waals surface area (Å²) in [5.41, 5.74) is 2.72. The van der Waals surface area contributed by atoms with E-state index in [0.29, 0.717) is 30.2 Å². The molecule has 38 heavy (non-hydrogen) atoms. The monoisotopic (exact) mass is 516 g/mol.